The maximum Gasteiger partial charge on any atom is 0.222 e. The molecule has 0 N–H and O–H groups in total. The van der Waals surface area contributed by atoms with Crippen LogP contribution in [-0.4, -0.2) is 68.0 Å². The number of amides is 2. The number of nitrogens with zero attached hydrogens (tertiary/aromatic N) is 6. The molecule has 0 bridgehead atoms. The molecule has 1 aromatic carbocycles. The van der Waals surface area contributed by atoms with Crippen LogP contribution < -0.4 is 0 Å². The molecule has 30 heavy (non-hydrogen) atoms. The zero-order valence-corrected chi connectivity index (χ0v) is 17.4. The summed E-state index contributed by atoms with van der Waals surface area (Å²) in [5, 5.41) is 12.6. The van der Waals surface area contributed by atoms with Gasteiger partial charge in [0.1, 0.15) is 0 Å². The number of piperidine rings is 2. The molecule has 0 unspecified atom stereocenters. The summed E-state index contributed by atoms with van der Waals surface area (Å²) in [6, 6.07) is 9.76. The zero-order chi connectivity index (χ0) is 20.8. The highest BCUT2D eigenvalue weighted by Gasteiger charge is 2.26. The van der Waals surface area contributed by atoms with Crippen LogP contribution in [0.5, 0.6) is 0 Å². The topological polar surface area (TPSA) is 84.2 Å². The quantitative estimate of drug-likeness (QED) is 0.700. The minimum absolute atomic E-state index is 0.200. The molecule has 2 saturated heterocycles. The van der Waals surface area contributed by atoms with E-state index in [0.717, 1.165) is 57.4 Å². The predicted molar refractivity (Wildman–Crippen MR) is 112 cm³/mol. The highest BCUT2D eigenvalue weighted by atomic mass is 16.2. The number of aromatic nitrogens is 4. The van der Waals surface area contributed by atoms with E-state index >= 15 is 0 Å². The number of aryl methyl sites for hydroxylation is 1. The van der Waals surface area contributed by atoms with Crippen LogP contribution >= 0.6 is 0 Å². The van der Waals surface area contributed by atoms with E-state index in [1.807, 2.05) is 40.1 Å². The number of rotatable bonds is 7. The van der Waals surface area contributed by atoms with Gasteiger partial charge in [-0.3, -0.25) is 9.59 Å². The van der Waals surface area contributed by atoms with Crippen molar-refractivity contribution in [2.24, 2.45) is 5.92 Å². The fourth-order valence-corrected chi connectivity index (χ4v) is 4.30. The van der Waals surface area contributed by atoms with E-state index in [9.17, 15) is 9.59 Å². The first-order valence-corrected chi connectivity index (χ1v) is 11.1. The molecule has 0 atom stereocenters. The normalized spacial score (nSPS) is 18.1. The van der Waals surface area contributed by atoms with Crippen LogP contribution in [0.2, 0.25) is 0 Å². The van der Waals surface area contributed by atoms with Gasteiger partial charge in [-0.05, 0) is 43.2 Å². The SMILES string of the molecule is O=C(CCCn1nnc(-c2ccccc2)n1)N1CCC(CN2CCCCC2=O)CC1. The van der Waals surface area contributed by atoms with Gasteiger partial charge in [0.25, 0.3) is 0 Å². The molecule has 4 rings (SSSR count). The third-order valence-electron chi connectivity index (χ3n) is 6.10. The first-order chi connectivity index (χ1) is 14.7. The number of hydrogen-bond donors (Lipinski definition) is 0. The van der Waals surface area contributed by atoms with E-state index in [0.29, 0.717) is 43.5 Å². The molecule has 0 aliphatic carbocycles. The molecule has 1 aromatic heterocycles. The lowest BCUT2D eigenvalue weighted by atomic mass is 9.95. The first-order valence-electron chi connectivity index (χ1n) is 11.1. The van der Waals surface area contributed by atoms with Crippen LogP contribution in [0.3, 0.4) is 0 Å². The number of carbonyl (C=O) groups is 2. The summed E-state index contributed by atoms with van der Waals surface area (Å²) < 4.78 is 0. The summed E-state index contributed by atoms with van der Waals surface area (Å²) >= 11 is 0. The molecule has 2 amide bonds. The van der Waals surface area contributed by atoms with Crippen LogP contribution in [0.25, 0.3) is 11.4 Å². The number of carbonyl (C=O) groups excluding carboxylic acids is 2. The van der Waals surface area contributed by atoms with Crippen LogP contribution in [0, 0.1) is 5.92 Å². The molecular formula is C22H30N6O2. The zero-order valence-electron chi connectivity index (χ0n) is 17.4. The molecule has 8 nitrogen and oxygen atoms in total. The molecule has 2 aromatic rings. The molecule has 2 fully saturated rings. The Morgan fingerprint density at radius 3 is 2.63 bits per heavy atom. The van der Waals surface area contributed by atoms with Crippen molar-refractivity contribution in [1.29, 1.82) is 0 Å². The lowest BCUT2D eigenvalue weighted by Gasteiger charge is -2.36. The molecule has 0 saturated carbocycles. The second-order valence-corrected chi connectivity index (χ2v) is 8.30. The summed E-state index contributed by atoms with van der Waals surface area (Å²) in [5.74, 6) is 1.63. The third kappa shape index (κ3) is 5.23. The van der Waals surface area contributed by atoms with Crippen LogP contribution in [0.1, 0.15) is 44.9 Å². The summed E-state index contributed by atoms with van der Waals surface area (Å²) in [7, 11) is 0. The second kappa shape index (κ2) is 9.82. The number of likely N-dealkylation sites (tertiary alicyclic amines) is 2. The summed E-state index contributed by atoms with van der Waals surface area (Å²) in [4.78, 5) is 30.1. The van der Waals surface area contributed by atoms with Gasteiger partial charge in [-0.1, -0.05) is 30.3 Å². The molecule has 2 aliphatic rings. The number of hydrogen-bond acceptors (Lipinski definition) is 5. The molecule has 8 heteroatoms. The Labute approximate surface area is 177 Å². The summed E-state index contributed by atoms with van der Waals surface area (Å²) in [5.41, 5.74) is 0.939. The average Bonchev–Trinajstić information content (AvgIpc) is 3.25. The van der Waals surface area contributed by atoms with Gasteiger partial charge in [-0.15, -0.1) is 10.2 Å². The van der Waals surface area contributed by atoms with Crippen LogP contribution in [0.15, 0.2) is 30.3 Å². The van der Waals surface area contributed by atoms with E-state index in [1.54, 1.807) is 4.80 Å². The van der Waals surface area contributed by atoms with Crippen LogP contribution in [-0.2, 0) is 16.1 Å². The van der Waals surface area contributed by atoms with Crippen molar-refractivity contribution in [3.63, 3.8) is 0 Å². The maximum absolute atomic E-state index is 12.6. The molecular weight excluding hydrogens is 380 g/mol. The number of tetrazole rings is 1. The van der Waals surface area contributed by atoms with Crippen molar-refractivity contribution in [1.82, 2.24) is 30.0 Å². The Morgan fingerprint density at radius 2 is 1.87 bits per heavy atom. The smallest absolute Gasteiger partial charge is 0.222 e. The monoisotopic (exact) mass is 410 g/mol. The van der Waals surface area contributed by atoms with E-state index in [-0.39, 0.29) is 5.91 Å². The van der Waals surface area contributed by atoms with E-state index < -0.39 is 0 Å². The molecule has 0 spiro atoms. The third-order valence-corrected chi connectivity index (χ3v) is 6.10. The van der Waals surface area contributed by atoms with Crippen molar-refractivity contribution >= 4 is 11.8 Å². The highest BCUT2D eigenvalue weighted by Crippen LogP contribution is 2.22. The fraction of sp³-hybridized carbons (Fsp3) is 0.591. The van der Waals surface area contributed by atoms with Gasteiger partial charge in [-0.25, -0.2) is 0 Å². The summed E-state index contributed by atoms with van der Waals surface area (Å²) in [6.07, 6.45) is 6.02. The summed E-state index contributed by atoms with van der Waals surface area (Å²) in [6.45, 7) is 3.94. The van der Waals surface area contributed by atoms with E-state index in [1.165, 1.54) is 0 Å². The Morgan fingerprint density at radius 1 is 1.07 bits per heavy atom. The van der Waals surface area contributed by atoms with Gasteiger partial charge in [0.15, 0.2) is 0 Å². The van der Waals surface area contributed by atoms with Crippen LogP contribution in [0.4, 0.5) is 0 Å². The van der Waals surface area contributed by atoms with E-state index in [4.69, 9.17) is 0 Å². The number of benzene rings is 1. The van der Waals surface area contributed by atoms with Gasteiger partial charge >= 0.3 is 0 Å². The fourth-order valence-electron chi connectivity index (χ4n) is 4.30. The minimum Gasteiger partial charge on any atom is -0.343 e. The Balaban J connectivity index is 1.17. The van der Waals surface area contributed by atoms with Gasteiger partial charge in [0.05, 0.1) is 6.54 Å². The standard InChI is InChI=1S/C22H30N6O2/c29-20(10-6-14-28-24-22(23-25-28)19-7-2-1-3-8-19)26-15-11-18(12-16-26)17-27-13-5-4-9-21(27)30/h1-3,7-8,18H,4-6,9-17H2. The molecule has 160 valence electrons. The van der Waals surface area contributed by atoms with Crippen molar-refractivity contribution in [3.8, 4) is 11.4 Å². The largest absolute Gasteiger partial charge is 0.343 e. The predicted octanol–water partition coefficient (Wildman–Crippen LogP) is 2.37. The maximum atomic E-state index is 12.6. The van der Waals surface area contributed by atoms with Crippen molar-refractivity contribution < 1.29 is 9.59 Å². The Kier molecular flexibility index (Phi) is 6.71. The highest BCUT2D eigenvalue weighted by molar-refractivity contribution is 5.77. The van der Waals surface area contributed by atoms with Gasteiger partial charge in [0, 0.05) is 44.6 Å². The van der Waals surface area contributed by atoms with Crippen molar-refractivity contribution in [2.75, 3.05) is 26.2 Å². The first kappa shape index (κ1) is 20.5. The van der Waals surface area contributed by atoms with E-state index in [2.05, 4.69) is 15.4 Å². The lowest BCUT2D eigenvalue weighted by Crippen LogP contribution is -2.44. The minimum atomic E-state index is 0.200. The van der Waals surface area contributed by atoms with Crippen molar-refractivity contribution in [3.05, 3.63) is 30.3 Å². The molecule has 3 heterocycles. The molecule has 0 radical (unpaired) electrons. The van der Waals surface area contributed by atoms with Gasteiger partial charge in [-0.2, -0.15) is 4.80 Å². The Hall–Kier alpha value is -2.77. The lowest BCUT2D eigenvalue weighted by molar-refractivity contribution is -0.136. The molecule has 2 aliphatic heterocycles. The van der Waals surface area contributed by atoms with Gasteiger partial charge < -0.3 is 9.80 Å². The van der Waals surface area contributed by atoms with Gasteiger partial charge in [0.2, 0.25) is 17.6 Å². The average molecular weight is 411 g/mol. The van der Waals surface area contributed by atoms with Crippen molar-refractivity contribution in [2.45, 2.75) is 51.5 Å². The Bertz CT molecular complexity index is 844. The second-order valence-electron chi connectivity index (χ2n) is 8.30.